The fraction of sp³-hybridized carbons (Fsp3) is 0.385. The molecule has 0 bridgehead atoms. The lowest BCUT2D eigenvalue weighted by Crippen LogP contribution is -2.55. The molecule has 7 nitrogen and oxygen atoms in total. The number of aliphatic hydroxyl groups excluding tert-OH is 1. The molecule has 3 aromatic carbocycles. The van der Waals surface area contributed by atoms with Gasteiger partial charge >= 0.3 is 0 Å². The number of nitrogens with one attached hydrogen (secondary N) is 1. The van der Waals surface area contributed by atoms with Crippen molar-refractivity contribution in [3.63, 3.8) is 0 Å². The lowest BCUT2D eigenvalue weighted by atomic mass is 9.95. The number of rotatable bonds is 11. The monoisotopic (exact) mass is 484 g/mol. The molecule has 182 valence electrons. The first-order valence-electron chi connectivity index (χ1n) is 11.5. The summed E-state index contributed by atoms with van der Waals surface area (Å²) in [4.78, 5) is 28.3. The van der Waals surface area contributed by atoms with Crippen LogP contribution < -0.4 is 10.3 Å². The minimum atomic E-state index is -4.10. The summed E-state index contributed by atoms with van der Waals surface area (Å²) < 4.78 is 26.2. The summed E-state index contributed by atoms with van der Waals surface area (Å²) in [5.41, 5.74) is 1.04. The number of hydrogen-bond donors (Lipinski definition) is 2. The number of benzene rings is 2. The lowest BCUT2D eigenvalue weighted by Gasteiger charge is -2.36. The van der Waals surface area contributed by atoms with Crippen LogP contribution in [0.15, 0.2) is 70.4 Å². The second kappa shape index (κ2) is 10.6. The topological polar surface area (TPSA) is 104 Å². The second-order valence-electron chi connectivity index (χ2n) is 9.27. The number of aliphatic hydroxyl groups is 1. The number of carbonyl (C=O) groups is 1. The van der Waals surface area contributed by atoms with Crippen molar-refractivity contribution in [2.75, 3.05) is 0 Å². The third-order valence-corrected chi connectivity index (χ3v) is 7.15. The van der Waals surface area contributed by atoms with Crippen molar-refractivity contribution < 1.29 is 18.3 Å². The van der Waals surface area contributed by atoms with Gasteiger partial charge in [-0.2, -0.15) is 0 Å². The highest BCUT2D eigenvalue weighted by molar-refractivity contribution is 7.89. The first-order valence-corrected chi connectivity index (χ1v) is 12.9. The summed E-state index contributed by atoms with van der Waals surface area (Å²) in [6, 6.07) is 15.8. The molecule has 2 atom stereocenters. The summed E-state index contributed by atoms with van der Waals surface area (Å²) in [7, 11) is -4.10. The molecule has 0 fully saturated rings. The molecule has 3 aromatic rings. The van der Waals surface area contributed by atoms with Crippen molar-refractivity contribution in [1.82, 2.24) is 9.84 Å². The molecule has 0 heterocycles. The lowest BCUT2D eigenvalue weighted by molar-refractivity contribution is -0.140. The van der Waals surface area contributed by atoms with Crippen LogP contribution in [0, 0.1) is 11.8 Å². The highest BCUT2D eigenvalue weighted by Crippen LogP contribution is 2.35. The zero-order valence-electron chi connectivity index (χ0n) is 19.9. The standard InChI is InChI=1S/C26H32N2O5S/c1-17(2)15-16-21(29)28(27-34(32,33)20-13-9-6-10-14-20)24(18(3)4)26(31)23-22(25(23)30)19-11-7-5-8-12-19/h5-14,17-18,24,26-27,31H,15-16H2,1-4H3/t24-,26-/m0/s1. The van der Waals surface area contributed by atoms with Gasteiger partial charge in [0.1, 0.15) is 6.10 Å². The van der Waals surface area contributed by atoms with Crippen molar-refractivity contribution in [2.24, 2.45) is 11.8 Å². The molecule has 2 N–H and O–H groups in total. The first-order chi connectivity index (χ1) is 16.0. The Bertz CT molecular complexity index is 1210. The van der Waals surface area contributed by atoms with Gasteiger partial charge in [0.2, 0.25) is 5.91 Å². The highest BCUT2D eigenvalue weighted by atomic mass is 32.2. The SMILES string of the molecule is CC(C)CCC(=O)N(NS(=O)(=O)c1ccccc1)[C@@H](C(C)C)[C@@H](O)c1c(-c2ccccc2)c1=O. The second-order valence-corrected chi connectivity index (χ2v) is 10.9. The van der Waals surface area contributed by atoms with Crippen LogP contribution >= 0.6 is 0 Å². The molecule has 0 saturated carbocycles. The summed E-state index contributed by atoms with van der Waals surface area (Å²) in [5, 5.41) is 12.3. The van der Waals surface area contributed by atoms with Gasteiger partial charge < -0.3 is 5.11 Å². The van der Waals surface area contributed by atoms with Gasteiger partial charge in [0, 0.05) is 17.5 Å². The maximum absolute atomic E-state index is 13.3. The van der Waals surface area contributed by atoms with E-state index in [1.54, 1.807) is 56.3 Å². The van der Waals surface area contributed by atoms with Crippen LogP contribution in [-0.2, 0) is 14.8 Å². The molecule has 0 spiro atoms. The number of amides is 1. The predicted octanol–water partition coefficient (Wildman–Crippen LogP) is 3.81. The van der Waals surface area contributed by atoms with Crippen molar-refractivity contribution in [1.29, 1.82) is 0 Å². The minimum absolute atomic E-state index is 0.000318. The van der Waals surface area contributed by atoms with E-state index in [9.17, 15) is 23.1 Å². The van der Waals surface area contributed by atoms with E-state index in [1.807, 2.05) is 19.9 Å². The number of hydrazine groups is 1. The average Bonchev–Trinajstić information content (AvgIpc) is 3.48. The molecule has 34 heavy (non-hydrogen) atoms. The molecule has 0 radical (unpaired) electrons. The fourth-order valence-electron chi connectivity index (χ4n) is 3.92. The number of carbonyl (C=O) groups excluding carboxylic acids is 1. The Morgan fingerprint density at radius 1 is 0.971 bits per heavy atom. The molecule has 0 unspecified atom stereocenters. The molecule has 1 amide bonds. The Morgan fingerprint density at radius 3 is 2.06 bits per heavy atom. The fourth-order valence-corrected chi connectivity index (χ4v) is 5.03. The first kappa shape index (κ1) is 25.8. The van der Waals surface area contributed by atoms with Gasteiger partial charge in [-0.05, 0) is 36.0 Å². The van der Waals surface area contributed by atoms with E-state index in [1.165, 1.54) is 12.1 Å². The van der Waals surface area contributed by atoms with E-state index in [4.69, 9.17) is 0 Å². The van der Waals surface area contributed by atoms with Gasteiger partial charge in [0.25, 0.3) is 10.0 Å². The van der Waals surface area contributed by atoms with E-state index >= 15 is 0 Å². The van der Waals surface area contributed by atoms with Gasteiger partial charge in [-0.3, -0.25) is 14.6 Å². The third-order valence-electron chi connectivity index (χ3n) is 5.82. The Balaban J connectivity index is 1.98. The molecule has 0 aliphatic carbocycles. The van der Waals surface area contributed by atoms with Crippen molar-refractivity contribution in [3.05, 3.63) is 76.5 Å². The molecule has 0 aliphatic heterocycles. The molecule has 0 aliphatic rings. The molecule has 0 aromatic heterocycles. The van der Waals surface area contributed by atoms with E-state index in [0.717, 1.165) is 5.01 Å². The van der Waals surface area contributed by atoms with Crippen LogP contribution in [0.2, 0.25) is 0 Å². The molecule has 3 rings (SSSR count). The third kappa shape index (κ3) is 5.81. The zero-order valence-corrected chi connectivity index (χ0v) is 20.7. The quantitative estimate of drug-likeness (QED) is 0.403. The van der Waals surface area contributed by atoms with Crippen LogP contribution in [0.4, 0.5) is 0 Å². The Morgan fingerprint density at radius 2 is 1.53 bits per heavy atom. The number of sulfonamides is 1. The maximum atomic E-state index is 13.3. The molecular formula is C26H32N2O5S. The van der Waals surface area contributed by atoms with Crippen LogP contribution in [0.25, 0.3) is 11.1 Å². The average molecular weight is 485 g/mol. The van der Waals surface area contributed by atoms with E-state index in [2.05, 4.69) is 4.83 Å². The minimum Gasteiger partial charge on any atom is -0.386 e. The largest absolute Gasteiger partial charge is 0.386 e. The summed E-state index contributed by atoms with van der Waals surface area (Å²) in [6.45, 7) is 7.51. The van der Waals surface area contributed by atoms with E-state index in [0.29, 0.717) is 17.5 Å². The summed E-state index contributed by atoms with van der Waals surface area (Å²) >= 11 is 0. The van der Waals surface area contributed by atoms with Gasteiger partial charge in [-0.1, -0.05) is 76.2 Å². The van der Waals surface area contributed by atoms with E-state index in [-0.39, 0.29) is 34.1 Å². The van der Waals surface area contributed by atoms with Crippen molar-refractivity contribution >= 4 is 15.9 Å². The zero-order chi connectivity index (χ0) is 25.0. The Labute approximate surface area is 201 Å². The van der Waals surface area contributed by atoms with Crippen molar-refractivity contribution in [2.45, 2.75) is 57.6 Å². The van der Waals surface area contributed by atoms with Crippen LogP contribution in [0.1, 0.15) is 52.2 Å². The van der Waals surface area contributed by atoms with Crippen molar-refractivity contribution in [3.8, 4) is 11.1 Å². The predicted molar refractivity (Wildman–Crippen MR) is 132 cm³/mol. The summed E-state index contributed by atoms with van der Waals surface area (Å²) in [5.74, 6) is -0.577. The number of nitrogens with zero attached hydrogens (tertiary/aromatic N) is 1. The molecule has 8 heteroatoms. The summed E-state index contributed by atoms with van der Waals surface area (Å²) in [6.07, 6.45) is -0.687. The normalized spacial score (nSPS) is 14.0. The smallest absolute Gasteiger partial charge is 0.257 e. The van der Waals surface area contributed by atoms with Gasteiger partial charge in [-0.15, -0.1) is 4.83 Å². The van der Waals surface area contributed by atoms with Gasteiger partial charge in [0.15, 0.2) is 5.43 Å². The number of hydrogen-bond acceptors (Lipinski definition) is 5. The van der Waals surface area contributed by atoms with Crippen LogP contribution in [-0.4, -0.2) is 30.5 Å². The maximum Gasteiger partial charge on any atom is 0.257 e. The van der Waals surface area contributed by atoms with E-state index < -0.39 is 28.1 Å². The molecular weight excluding hydrogens is 452 g/mol. The Hall–Kier alpha value is -2.81. The van der Waals surface area contributed by atoms with Gasteiger partial charge in [0.05, 0.1) is 10.9 Å². The van der Waals surface area contributed by atoms with Crippen LogP contribution in [0.5, 0.6) is 0 Å². The Kier molecular flexibility index (Phi) is 8.07. The van der Waals surface area contributed by atoms with Gasteiger partial charge in [-0.25, -0.2) is 8.42 Å². The van der Waals surface area contributed by atoms with Crippen LogP contribution in [0.3, 0.4) is 0 Å². The highest BCUT2D eigenvalue weighted by Gasteiger charge is 2.41. The molecule has 0 saturated heterocycles.